The summed E-state index contributed by atoms with van der Waals surface area (Å²) in [5, 5.41) is 10.6. The monoisotopic (exact) mass is 310 g/mol. The highest BCUT2D eigenvalue weighted by Gasteiger charge is 2.21. The van der Waals surface area contributed by atoms with E-state index in [-0.39, 0.29) is 26.0 Å². The van der Waals surface area contributed by atoms with Crippen LogP contribution in [0.5, 0.6) is 5.75 Å². The first kappa shape index (κ1) is 16.0. The number of fused-ring (bicyclic) bond motifs is 1. The fourth-order valence-corrected chi connectivity index (χ4v) is 3.42. The molecule has 0 saturated heterocycles. The molecular formula is C15H19O5P. The van der Waals surface area contributed by atoms with Gasteiger partial charge in [-0.3, -0.25) is 4.57 Å². The second kappa shape index (κ2) is 7.05. The molecule has 0 aliphatic carbocycles. The van der Waals surface area contributed by atoms with Crippen LogP contribution >= 0.6 is 7.60 Å². The summed E-state index contributed by atoms with van der Waals surface area (Å²) < 4.78 is 22.4. The van der Waals surface area contributed by atoms with Gasteiger partial charge in [-0.25, -0.2) is 0 Å². The molecule has 0 spiro atoms. The molecule has 21 heavy (non-hydrogen) atoms. The molecule has 2 N–H and O–H groups in total. The van der Waals surface area contributed by atoms with Crippen LogP contribution < -0.4 is 4.74 Å². The molecule has 0 amide bonds. The lowest BCUT2D eigenvalue weighted by Gasteiger charge is -2.15. The molecule has 0 fully saturated rings. The molecule has 0 bridgehead atoms. The van der Waals surface area contributed by atoms with Crippen molar-refractivity contribution in [2.75, 3.05) is 19.8 Å². The van der Waals surface area contributed by atoms with Crippen LogP contribution in [0.4, 0.5) is 0 Å². The van der Waals surface area contributed by atoms with Gasteiger partial charge in [0.1, 0.15) is 12.4 Å². The molecule has 0 aliphatic heterocycles. The van der Waals surface area contributed by atoms with Crippen LogP contribution in [0.15, 0.2) is 36.4 Å². The standard InChI is InChI=1S/C15H19O5P/c1-2-20-21(17,18)11-12-7-8-15(19-10-9-16)14-6-4-3-5-13(12)14/h3-8,16H,2,9-11H2,1H3,(H,17,18). The molecule has 6 heteroatoms. The van der Waals surface area contributed by atoms with E-state index in [9.17, 15) is 9.46 Å². The maximum atomic E-state index is 12.0. The largest absolute Gasteiger partial charge is 0.491 e. The Kier molecular flexibility index (Phi) is 5.37. The van der Waals surface area contributed by atoms with Gasteiger partial charge in [-0.2, -0.15) is 0 Å². The smallest absolute Gasteiger partial charge is 0.332 e. The Balaban J connectivity index is 2.40. The lowest BCUT2D eigenvalue weighted by Crippen LogP contribution is -2.02. The number of hydrogen-bond acceptors (Lipinski definition) is 4. The highest BCUT2D eigenvalue weighted by Crippen LogP contribution is 2.47. The maximum Gasteiger partial charge on any atom is 0.332 e. The Bertz CT molecular complexity index is 656. The number of rotatable bonds is 7. The molecular weight excluding hydrogens is 291 g/mol. The molecule has 0 aromatic heterocycles. The first-order valence-corrected chi connectivity index (χ1v) is 8.54. The summed E-state index contributed by atoms with van der Waals surface area (Å²) in [6, 6.07) is 11.0. The van der Waals surface area contributed by atoms with E-state index in [0.717, 1.165) is 16.3 Å². The van der Waals surface area contributed by atoms with E-state index in [1.54, 1.807) is 19.1 Å². The number of aliphatic hydroxyl groups is 1. The van der Waals surface area contributed by atoms with Crippen molar-refractivity contribution in [3.8, 4) is 5.75 Å². The average molecular weight is 310 g/mol. The Morgan fingerprint density at radius 1 is 1.14 bits per heavy atom. The number of aliphatic hydroxyl groups excluding tert-OH is 1. The SMILES string of the molecule is CCOP(=O)(O)Cc1ccc(OCCO)c2ccccc12. The van der Waals surface area contributed by atoms with E-state index in [2.05, 4.69) is 0 Å². The molecule has 114 valence electrons. The van der Waals surface area contributed by atoms with Crippen LogP contribution in [0.25, 0.3) is 10.8 Å². The zero-order valence-electron chi connectivity index (χ0n) is 11.9. The summed E-state index contributed by atoms with van der Waals surface area (Å²) in [7, 11) is -3.64. The highest BCUT2D eigenvalue weighted by atomic mass is 31.2. The van der Waals surface area contributed by atoms with Crippen molar-refractivity contribution in [2.24, 2.45) is 0 Å². The van der Waals surface area contributed by atoms with E-state index in [4.69, 9.17) is 14.4 Å². The van der Waals surface area contributed by atoms with Gasteiger partial charge in [-0.05, 0) is 23.9 Å². The number of ether oxygens (including phenoxy) is 1. The fourth-order valence-electron chi connectivity index (χ4n) is 2.22. The molecule has 0 radical (unpaired) electrons. The average Bonchev–Trinajstić information content (AvgIpc) is 2.46. The third-order valence-electron chi connectivity index (χ3n) is 3.02. The minimum Gasteiger partial charge on any atom is -0.491 e. The van der Waals surface area contributed by atoms with Crippen molar-refractivity contribution in [2.45, 2.75) is 13.1 Å². The summed E-state index contributed by atoms with van der Waals surface area (Å²) in [6.45, 7) is 2.03. The summed E-state index contributed by atoms with van der Waals surface area (Å²) in [5.74, 6) is 0.646. The fraction of sp³-hybridized carbons (Fsp3) is 0.333. The Morgan fingerprint density at radius 3 is 2.52 bits per heavy atom. The van der Waals surface area contributed by atoms with Crippen molar-refractivity contribution < 1.29 is 23.8 Å². The van der Waals surface area contributed by atoms with Gasteiger partial charge in [-0.15, -0.1) is 0 Å². The van der Waals surface area contributed by atoms with E-state index >= 15 is 0 Å². The second-order valence-corrected chi connectivity index (χ2v) is 6.40. The molecule has 2 aromatic carbocycles. The van der Waals surface area contributed by atoms with Gasteiger partial charge in [-0.1, -0.05) is 30.3 Å². The minimum atomic E-state index is -3.64. The van der Waals surface area contributed by atoms with Gasteiger partial charge in [0.15, 0.2) is 0 Å². The molecule has 0 heterocycles. The van der Waals surface area contributed by atoms with Gasteiger partial charge in [0, 0.05) is 5.39 Å². The number of hydrogen-bond donors (Lipinski definition) is 2. The normalized spacial score (nSPS) is 14.0. The Morgan fingerprint density at radius 2 is 1.86 bits per heavy atom. The molecule has 0 saturated carbocycles. The Hall–Kier alpha value is -1.39. The van der Waals surface area contributed by atoms with Gasteiger partial charge in [0.05, 0.1) is 19.4 Å². The molecule has 0 aliphatic rings. The predicted octanol–water partition coefficient (Wildman–Crippen LogP) is 2.93. The van der Waals surface area contributed by atoms with Crippen LogP contribution in [0.1, 0.15) is 12.5 Å². The van der Waals surface area contributed by atoms with Crippen LogP contribution in [0.3, 0.4) is 0 Å². The van der Waals surface area contributed by atoms with E-state index < -0.39 is 7.60 Å². The lowest BCUT2D eigenvalue weighted by molar-refractivity contribution is 0.203. The van der Waals surface area contributed by atoms with Crippen molar-refractivity contribution in [3.05, 3.63) is 42.0 Å². The predicted molar refractivity (Wildman–Crippen MR) is 81.7 cm³/mol. The van der Waals surface area contributed by atoms with E-state index in [1.807, 2.05) is 24.3 Å². The van der Waals surface area contributed by atoms with Gasteiger partial charge in [0.2, 0.25) is 0 Å². The minimum absolute atomic E-state index is 0.0400. The topological polar surface area (TPSA) is 76.0 Å². The van der Waals surface area contributed by atoms with Gasteiger partial charge in [0.25, 0.3) is 0 Å². The first-order valence-electron chi connectivity index (χ1n) is 6.78. The second-order valence-electron chi connectivity index (χ2n) is 4.55. The molecule has 2 rings (SSSR count). The Labute approximate surface area is 123 Å². The summed E-state index contributed by atoms with van der Waals surface area (Å²) in [6.07, 6.45) is -0.0400. The van der Waals surface area contributed by atoms with Crippen molar-refractivity contribution in [3.63, 3.8) is 0 Å². The van der Waals surface area contributed by atoms with Gasteiger partial charge < -0.3 is 19.3 Å². The molecule has 1 atom stereocenters. The lowest BCUT2D eigenvalue weighted by atomic mass is 10.0. The maximum absolute atomic E-state index is 12.0. The van der Waals surface area contributed by atoms with Gasteiger partial charge >= 0.3 is 7.60 Å². The first-order chi connectivity index (χ1) is 10.1. The number of benzene rings is 2. The summed E-state index contributed by atoms with van der Waals surface area (Å²) in [4.78, 5) is 9.81. The van der Waals surface area contributed by atoms with Crippen molar-refractivity contribution in [1.29, 1.82) is 0 Å². The van der Waals surface area contributed by atoms with Crippen molar-refractivity contribution >= 4 is 18.4 Å². The quantitative estimate of drug-likeness (QED) is 0.769. The molecule has 5 nitrogen and oxygen atoms in total. The van der Waals surface area contributed by atoms with E-state index in [1.165, 1.54) is 0 Å². The van der Waals surface area contributed by atoms with Crippen LogP contribution in [0.2, 0.25) is 0 Å². The van der Waals surface area contributed by atoms with Crippen molar-refractivity contribution in [1.82, 2.24) is 0 Å². The summed E-state index contributed by atoms with van der Waals surface area (Å²) in [5.41, 5.74) is 0.737. The zero-order valence-corrected chi connectivity index (χ0v) is 12.8. The molecule has 1 unspecified atom stereocenters. The van der Waals surface area contributed by atoms with E-state index in [0.29, 0.717) is 5.75 Å². The highest BCUT2D eigenvalue weighted by molar-refractivity contribution is 7.52. The third kappa shape index (κ3) is 4.05. The summed E-state index contributed by atoms with van der Waals surface area (Å²) >= 11 is 0. The van der Waals surface area contributed by atoms with Crippen LogP contribution in [0, 0.1) is 0 Å². The zero-order chi connectivity index (χ0) is 15.3. The third-order valence-corrected chi connectivity index (χ3v) is 4.43. The molecule has 2 aromatic rings. The van der Waals surface area contributed by atoms with Crippen LogP contribution in [-0.2, 0) is 15.3 Å². The van der Waals surface area contributed by atoms with Crippen LogP contribution in [-0.4, -0.2) is 29.8 Å².